The standard InChI is InChI=1S/C11H14F2O2/c1-4-11(2,3)8-5-7(6-14)9(15-8)10(12)13/h5-6,10H,4H2,1-3H3. The molecule has 0 aromatic carbocycles. The predicted molar refractivity (Wildman–Crippen MR) is 52.4 cm³/mol. The zero-order chi connectivity index (χ0) is 11.6. The van der Waals surface area contributed by atoms with Crippen molar-refractivity contribution in [2.45, 2.75) is 39.0 Å². The molecule has 0 amide bonds. The lowest BCUT2D eigenvalue weighted by Gasteiger charge is -2.18. The van der Waals surface area contributed by atoms with E-state index in [1.54, 1.807) is 0 Å². The second-order valence-corrected chi connectivity index (χ2v) is 4.09. The first-order valence-electron chi connectivity index (χ1n) is 4.80. The third-order valence-electron chi connectivity index (χ3n) is 2.67. The predicted octanol–water partition coefficient (Wildman–Crippen LogP) is 3.72. The molecule has 0 saturated carbocycles. The summed E-state index contributed by atoms with van der Waals surface area (Å²) in [4.78, 5) is 10.6. The van der Waals surface area contributed by atoms with Gasteiger partial charge in [0.15, 0.2) is 12.0 Å². The summed E-state index contributed by atoms with van der Waals surface area (Å²) in [6.45, 7) is 5.70. The number of hydrogen-bond acceptors (Lipinski definition) is 2. The molecular formula is C11H14F2O2. The summed E-state index contributed by atoms with van der Waals surface area (Å²) in [5.41, 5.74) is -0.383. The Labute approximate surface area is 87.3 Å². The lowest BCUT2D eigenvalue weighted by Crippen LogP contribution is -2.14. The number of furan rings is 1. The Kier molecular flexibility index (Phi) is 3.27. The molecular weight excluding hydrogens is 202 g/mol. The molecule has 1 rings (SSSR count). The van der Waals surface area contributed by atoms with E-state index in [1.165, 1.54) is 6.07 Å². The van der Waals surface area contributed by atoms with Crippen LogP contribution in [-0.4, -0.2) is 6.29 Å². The monoisotopic (exact) mass is 216 g/mol. The van der Waals surface area contributed by atoms with Gasteiger partial charge in [-0.25, -0.2) is 8.78 Å². The Bertz CT molecular complexity index is 353. The van der Waals surface area contributed by atoms with E-state index in [0.29, 0.717) is 12.0 Å². The van der Waals surface area contributed by atoms with E-state index in [0.717, 1.165) is 6.42 Å². The molecule has 0 aliphatic heterocycles. The van der Waals surface area contributed by atoms with E-state index in [1.807, 2.05) is 20.8 Å². The molecule has 0 spiro atoms. The van der Waals surface area contributed by atoms with Crippen molar-refractivity contribution < 1.29 is 18.0 Å². The van der Waals surface area contributed by atoms with E-state index in [-0.39, 0.29) is 11.0 Å². The Balaban J connectivity index is 3.19. The van der Waals surface area contributed by atoms with Crippen LogP contribution in [0.5, 0.6) is 0 Å². The quantitative estimate of drug-likeness (QED) is 0.718. The molecule has 15 heavy (non-hydrogen) atoms. The van der Waals surface area contributed by atoms with Crippen molar-refractivity contribution in [3.8, 4) is 0 Å². The molecule has 0 radical (unpaired) electrons. The number of carbonyl (C=O) groups is 1. The first-order valence-corrected chi connectivity index (χ1v) is 4.80. The highest BCUT2D eigenvalue weighted by atomic mass is 19.3. The van der Waals surface area contributed by atoms with Gasteiger partial charge in [-0.15, -0.1) is 0 Å². The first-order chi connectivity index (χ1) is 6.92. The Hall–Kier alpha value is -1.19. The van der Waals surface area contributed by atoms with Crippen molar-refractivity contribution in [3.63, 3.8) is 0 Å². The topological polar surface area (TPSA) is 30.2 Å². The number of halogens is 2. The van der Waals surface area contributed by atoms with Gasteiger partial charge in [0.05, 0.1) is 5.56 Å². The van der Waals surface area contributed by atoms with Crippen LogP contribution in [0.1, 0.15) is 55.5 Å². The second kappa shape index (κ2) is 4.13. The molecule has 0 unspecified atom stereocenters. The van der Waals surface area contributed by atoms with E-state index in [4.69, 9.17) is 4.42 Å². The van der Waals surface area contributed by atoms with Crippen molar-refractivity contribution in [3.05, 3.63) is 23.2 Å². The molecule has 4 heteroatoms. The van der Waals surface area contributed by atoms with Gasteiger partial charge < -0.3 is 4.42 Å². The van der Waals surface area contributed by atoms with Gasteiger partial charge in [0.2, 0.25) is 0 Å². The lowest BCUT2D eigenvalue weighted by molar-refractivity contribution is 0.105. The number of hydrogen-bond donors (Lipinski definition) is 0. The van der Waals surface area contributed by atoms with E-state index >= 15 is 0 Å². The Morgan fingerprint density at radius 3 is 2.47 bits per heavy atom. The summed E-state index contributed by atoms with van der Waals surface area (Å²) in [5.74, 6) is -0.0936. The maximum atomic E-state index is 12.5. The van der Waals surface area contributed by atoms with Crippen LogP contribution >= 0.6 is 0 Å². The van der Waals surface area contributed by atoms with Gasteiger partial charge in [-0.3, -0.25) is 4.79 Å². The molecule has 0 atom stereocenters. The van der Waals surface area contributed by atoms with Crippen LogP contribution < -0.4 is 0 Å². The minimum absolute atomic E-state index is 0.0541. The highest BCUT2D eigenvalue weighted by Gasteiger charge is 2.27. The maximum absolute atomic E-state index is 12.5. The molecule has 0 fully saturated rings. The minimum Gasteiger partial charge on any atom is -0.459 e. The van der Waals surface area contributed by atoms with Crippen molar-refractivity contribution in [2.24, 2.45) is 0 Å². The largest absolute Gasteiger partial charge is 0.459 e. The summed E-state index contributed by atoms with van der Waals surface area (Å²) in [6.07, 6.45) is -1.59. The Morgan fingerprint density at radius 2 is 2.13 bits per heavy atom. The number of carbonyl (C=O) groups excluding carboxylic acids is 1. The van der Waals surface area contributed by atoms with Gasteiger partial charge in [0, 0.05) is 5.41 Å². The molecule has 0 bridgehead atoms. The van der Waals surface area contributed by atoms with Crippen LogP contribution in [0.2, 0.25) is 0 Å². The summed E-state index contributed by atoms with van der Waals surface area (Å²) >= 11 is 0. The fraction of sp³-hybridized carbons (Fsp3) is 0.545. The van der Waals surface area contributed by atoms with Crippen LogP contribution in [0.25, 0.3) is 0 Å². The van der Waals surface area contributed by atoms with Crippen LogP contribution in [0.4, 0.5) is 8.78 Å². The highest BCUT2D eigenvalue weighted by Crippen LogP contribution is 2.33. The molecule has 0 saturated heterocycles. The number of rotatable bonds is 4. The van der Waals surface area contributed by atoms with E-state index < -0.39 is 12.2 Å². The lowest BCUT2D eigenvalue weighted by atomic mass is 9.87. The maximum Gasteiger partial charge on any atom is 0.296 e. The molecule has 0 aliphatic carbocycles. The van der Waals surface area contributed by atoms with Crippen LogP contribution in [0, 0.1) is 0 Å². The van der Waals surface area contributed by atoms with E-state index in [9.17, 15) is 13.6 Å². The molecule has 2 nitrogen and oxygen atoms in total. The van der Waals surface area contributed by atoms with Gasteiger partial charge in [-0.1, -0.05) is 20.8 Å². The van der Waals surface area contributed by atoms with Gasteiger partial charge in [0.1, 0.15) is 5.76 Å². The third-order valence-corrected chi connectivity index (χ3v) is 2.67. The van der Waals surface area contributed by atoms with Crippen LogP contribution in [0.3, 0.4) is 0 Å². The molecule has 1 aromatic heterocycles. The van der Waals surface area contributed by atoms with Crippen molar-refractivity contribution in [2.75, 3.05) is 0 Å². The van der Waals surface area contributed by atoms with Crippen molar-refractivity contribution >= 4 is 6.29 Å². The van der Waals surface area contributed by atoms with Crippen LogP contribution in [-0.2, 0) is 5.41 Å². The zero-order valence-electron chi connectivity index (χ0n) is 9.01. The Morgan fingerprint density at radius 1 is 1.53 bits per heavy atom. The minimum atomic E-state index is -2.74. The second-order valence-electron chi connectivity index (χ2n) is 4.09. The highest BCUT2D eigenvalue weighted by molar-refractivity contribution is 5.76. The third kappa shape index (κ3) is 2.25. The first kappa shape index (κ1) is 11.9. The van der Waals surface area contributed by atoms with Crippen molar-refractivity contribution in [1.82, 2.24) is 0 Å². The molecule has 1 heterocycles. The van der Waals surface area contributed by atoms with Crippen LogP contribution in [0.15, 0.2) is 10.5 Å². The normalized spacial score (nSPS) is 12.1. The number of aldehydes is 1. The summed E-state index contributed by atoms with van der Waals surface area (Å²) in [6, 6.07) is 1.40. The van der Waals surface area contributed by atoms with E-state index in [2.05, 4.69) is 0 Å². The summed E-state index contributed by atoms with van der Waals surface area (Å²) in [7, 11) is 0. The average Bonchev–Trinajstić information content (AvgIpc) is 2.62. The molecule has 0 N–H and O–H groups in total. The molecule has 84 valence electrons. The smallest absolute Gasteiger partial charge is 0.296 e. The van der Waals surface area contributed by atoms with Gasteiger partial charge in [-0.2, -0.15) is 0 Å². The fourth-order valence-corrected chi connectivity index (χ4v) is 1.19. The fourth-order valence-electron chi connectivity index (χ4n) is 1.19. The molecule has 1 aromatic rings. The summed E-state index contributed by atoms with van der Waals surface area (Å²) in [5, 5.41) is 0. The molecule has 0 aliphatic rings. The van der Waals surface area contributed by atoms with Crippen molar-refractivity contribution in [1.29, 1.82) is 0 Å². The zero-order valence-corrected chi connectivity index (χ0v) is 9.01. The van der Waals surface area contributed by atoms with Gasteiger partial charge >= 0.3 is 0 Å². The van der Waals surface area contributed by atoms with Gasteiger partial charge in [0.25, 0.3) is 6.43 Å². The van der Waals surface area contributed by atoms with Gasteiger partial charge in [-0.05, 0) is 12.5 Å². The number of alkyl halides is 2. The average molecular weight is 216 g/mol. The SMILES string of the molecule is CCC(C)(C)c1cc(C=O)c(C(F)F)o1. The summed E-state index contributed by atoms with van der Waals surface area (Å²) < 4.78 is 30.0.